The molecule has 2 aromatic rings. The van der Waals surface area contributed by atoms with Gasteiger partial charge in [-0.25, -0.2) is 0 Å². The molecule has 92 valence electrons. The molecule has 0 heterocycles. The van der Waals surface area contributed by atoms with Gasteiger partial charge in [0.25, 0.3) is 0 Å². The number of nitrogens with two attached hydrogens (primary N) is 1. The van der Waals surface area contributed by atoms with E-state index in [1.54, 1.807) is 36.4 Å². The molecule has 2 N–H and O–H groups in total. The summed E-state index contributed by atoms with van der Waals surface area (Å²) in [4.78, 5) is 12.3. The second-order valence-corrected chi connectivity index (χ2v) is 5.39. The third kappa shape index (κ3) is 2.69. The van der Waals surface area contributed by atoms with Crippen LogP contribution in [0, 0.1) is 0 Å². The van der Waals surface area contributed by atoms with Crippen molar-refractivity contribution in [2.24, 2.45) is 0 Å². The van der Waals surface area contributed by atoms with E-state index < -0.39 is 0 Å². The maximum absolute atomic E-state index is 12.3. The van der Waals surface area contributed by atoms with E-state index in [1.165, 1.54) is 0 Å². The predicted octanol–water partition coefficient (Wildman–Crippen LogP) is 4.57. The van der Waals surface area contributed by atoms with Gasteiger partial charge in [0.05, 0.1) is 10.7 Å². The van der Waals surface area contributed by atoms with Gasteiger partial charge in [-0.05, 0) is 36.4 Å². The number of carbonyl (C=O) groups is 1. The van der Waals surface area contributed by atoms with E-state index in [0.717, 1.165) is 0 Å². The normalized spacial score (nSPS) is 10.4. The van der Waals surface area contributed by atoms with Crippen molar-refractivity contribution < 1.29 is 4.79 Å². The summed E-state index contributed by atoms with van der Waals surface area (Å²) in [5, 5.41) is 0.863. The lowest BCUT2D eigenvalue weighted by Gasteiger charge is -2.06. The van der Waals surface area contributed by atoms with E-state index in [1.807, 2.05) is 0 Å². The highest BCUT2D eigenvalue weighted by molar-refractivity contribution is 9.10. The van der Waals surface area contributed by atoms with Crippen molar-refractivity contribution in [2.75, 3.05) is 5.73 Å². The van der Waals surface area contributed by atoms with E-state index in [-0.39, 0.29) is 5.78 Å². The van der Waals surface area contributed by atoms with Crippen molar-refractivity contribution in [1.82, 2.24) is 0 Å². The van der Waals surface area contributed by atoms with Crippen LogP contribution in [0.5, 0.6) is 0 Å². The summed E-state index contributed by atoms with van der Waals surface area (Å²) in [5.41, 5.74) is 7.01. The van der Waals surface area contributed by atoms with Crippen molar-refractivity contribution in [3.63, 3.8) is 0 Å². The molecule has 0 atom stereocenters. The first-order chi connectivity index (χ1) is 8.49. The molecule has 0 amide bonds. The van der Waals surface area contributed by atoms with Crippen LogP contribution in [0.15, 0.2) is 40.9 Å². The molecule has 0 aliphatic heterocycles. The van der Waals surface area contributed by atoms with Crippen LogP contribution in [0.1, 0.15) is 15.9 Å². The average molecular weight is 345 g/mol. The Balaban J connectivity index is 2.47. The molecule has 0 aliphatic rings. The summed E-state index contributed by atoms with van der Waals surface area (Å²) in [5.74, 6) is -0.161. The predicted molar refractivity (Wildman–Crippen MR) is 78.4 cm³/mol. The number of benzene rings is 2. The molecule has 0 saturated carbocycles. The van der Waals surface area contributed by atoms with Crippen LogP contribution in [0.4, 0.5) is 5.69 Å². The number of carbonyl (C=O) groups excluding carboxylic acids is 1. The van der Waals surface area contributed by atoms with Gasteiger partial charge >= 0.3 is 0 Å². The standard InChI is InChI=1S/C13H8BrCl2NO/c14-10-3-2-8(15)6-9(10)13(18)7-1-4-12(17)11(16)5-7/h1-6H,17H2. The van der Waals surface area contributed by atoms with E-state index in [2.05, 4.69) is 15.9 Å². The fourth-order valence-corrected chi connectivity index (χ4v) is 2.27. The van der Waals surface area contributed by atoms with Gasteiger partial charge in [-0.15, -0.1) is 0 Å². The first-order valence-electron chi connectivity index (χ1n) is 5.04. The third-order valence-corrected chi connectivity index (χ3v) is 3.69. The lowest BCUT2D eigenvalue weighted by Crippen LogP contribution is -2.03. The average Bonchev–Trinajstić information content (AvgIpc) is 2.35. The Kier molecular flexibility index (Phi) is 3.95. The molecule has 0 unspecified atom stereocenters. The summed E-state index contributed by atoms with van der Waals surface area (Å²) < 4.78 is 0.685. The molecule has 2 rings (SSSR count). The molecule has 0 bridgehead atoms. The molecular weight excluding hydrogens is 337 g/mol. The Bertz CT molecular complexity index is 628. The molecule has 0 spiro atoms. The van der Waals surface area contributed by atoms with Crippen LogP contribution in [0.25, 0.3) is 0 Å². The maximum atomic E-state index is 12.3. The van der Waals surface area contributed by atoms with Gasteiger partial charge in [0, 0.05) is 20.6 Å². The molecule has 18 heavy (non-hydrogen) atoms. The minimum absolute atomic E-state index is 0.161. The van der Waals surface area contributed by atoms with E-state index in [0.29, 0.717) is 31.3 Å². The fourth-order valence-electron chi connectivity index (χ4n) is 1.50. The van der Waals surface area contributed by atoms with Crippen LogP contribution < -0.4 is 5.73 Å². The Labute approximate surface area is 123 Å². The van der Waals surface area contributed by atoms with Crippen molar-refractivity contribution in [2.45, 2.75) is 0 Å². The molecular formula is C13H8BrCl2NO. The van der Waals surface area contributed by atoms with Gasteiger partial charge in [-0.3, -0.25) is 4.79 Å². The number of halogens is 3. The topological polar surface area (TPSA) is 43.1 Å². The molecule has 0 radical (unpaired) electrons. The van der Waals surface area contributed by atoms with Gasteiger partial charge in [0.2, 0.25) is 0 Å². The zero-order valence-corrected chi connectivity index (χ0v) is 12.2. The SMILES string of the molecule is Nc1ccc(C(=O)c2cc(Cl)ccc2Br)cc1Cl. The zero-order chi connectivity index (χ0) is 13.3. The van der Waals surface area contributed by atoms with Crippen molar-refractivity contribution in [3.8, 4) is 0 Å². The molecule has 0 saturated heterocycles. The van der Waals surface area contributed by atoms with Crippen LogP contribution in [-0.2, 0) is 0 Å². The monoisotopic (exact) mass is 343 g/mol. The summed E-state index contributed by atoms with van der Waals surface area (Å²) in [6.07, 6.45) is 0. The highest BCUT2D eigenvalue weighted by Gasteiger charge is 2.14. The van der Waals surface area contributed by atoms with Crippen LogP contribution in [-0.4, -0.2) is 5.78 Å². The number of hydrogen-bond acceptors (Lipinski definition) is 2. The Hall–Kier alpha value is -1.03. The Morgan fingerprint density at radius 1 is 1.11 bits per heavy atom. The molecule has 2 nitrogen and oxygen atoms in total. The highest BCUT2D eigenvalue weighted by Crippen LogP contribution is 2.26. The number of hydrogen-bond donors (Lipinski definition) is 1. The second-order valence-electron chi connectivity index (χ2n) is 3.69. The molecule has 0 fully saturated rings. The second kappa shape index (κ2) is 5.31. The largest absolute Gasteiger partial charge is 0.398 e. The Morgan fingerprint density at radius 2 is 1.83 bits per heavy atom. The molecule has 5 heteroatoms. The highest BCUT2D eigenvalue weighted by atomic mass is 79.9. The summed E-state index contributed by atoms with van der Waals surface area (Å²) in [6, 6.07) is 9.84. The minimum Gasteiger partial charge on any atom is -0.398 e. The van der Waals surface area contributed by atoms with Gasteiger partial charge in [0.1, 0.15) is 0 Å². The van der Waals surface area contributed by atoms with Crippen LogP contribution in [0.2, 0.25) is 10.0 Å². The summed E-state index contributed by atoms with van der Waals surface area (Å²) in [7, 11) is 0. The lowest BCUT2D eigenvalue weighted by atomic mass is 10.0. The van der Waals surface area contributed by atoms with E-state index in [4.69, 9.17) is 28.9 Å². The fraction of sp³-hybridized carbons (Fsp3) is 0. The number of rotatable bonds is 2. The van der Waals surface area contributed by atoms with E-state index in [9.17, 15) is 4.79 Å². The third-order valence-electron chi connectivity index (χ3n) is 2.44. The van der Waals surface area contributed by atoms with Crippen molar-refractivity contribution in [1.29, 1.82) is 0 Å². The molecule has 0 aliphatic carbocycles. The van der Waals surface area contributed by atoms with Crippen LogP contribution >= 0.6 is 39.1 Å². The van der Waals surface area contributed by atoms with Gasteiger partial charge < -0.3 is 5.73 Å². The lowest BCUT2D eigenvalue weighted by molar-refractivity contribution is 0.103. The molecule has 2 aromatic carbocycles. The minimum atomic E-state index is -0.161. The Morgan fingerprint density at radius 3 is 2.50 bits per heavy atom. The van der Waals surface area contributed by atoms with Gasteiger partial charge in [-0.1, -0.05) is 39.1 Å². The number of ketones is 1. The van der Waals surface area contributed by atoms with Crippen molar-refractivity contribution >= 4 is 50.6 Å². The zero-order valence-electron chi connectivity index (χ0n) is 9.08. The maximum Gasteiger partial charge on any atom is 0.194 e. The first kappa shape index (κ1) is 13.4. The molecule has 0 aromatic heterocycles. The summed E-state index contributed by atoms with van der Waals surface area (Å²) in [6.45, 7) is 0. The van der Waals surface area contributed by atoms with Gasteiger partial charge in [-0.2, -0.15) is 0 Å². The van der Waals surface area contributed by atoms with Crippen LogP contribution in [0.3, 0.4) is 0 Å². The van der Waals surface area contributed by atoms with E-state index >= 15 is 0 Å². The van der Waals surface area contributed by atoms with Crippen molar-refractivity contribution in [3.05, 3.63) is 62.0 Å². The smallest absolute Gasteiger partial charge is 0.194 e. The number of anilines is 1. The number of nitrogen functional groups attached to an aromatic ring is 1. The first-order valence-corrected chi connectivity index (χ1v) is 6.58. The quantitative estimate of drug-likeness (QED) is 0.640. The summed E-state index contributed by atoms with van der Waals surface area (Å²) >= 11 is 15.1. The van der Waals surface area contributed by atoms with Gasteiger partial charge in [0.15, 0.2) is 5.78 Å².